The van der Waals surface area contributed by atoms with E-state index >= 15 is 0 Å². The van der Waals surface area contributed by atoms with Crippen LogP contribution in [0.1, 0.15) is 33.9 Å². The van der Waals surface area contributed by atoms with Crippen LogP contribution in [0, 0.1) is 13.8 Å². The molecule has 0 saturated heterocycles. The van der Waals surface area contributed by atoms with Crippen LogP contribution < -0.4 is 4.74 Å². The number of hydrogen-bond donors (Lipinski definition) is 0. The third-order valence-corrected chi connectivity index (χ3v) is 6.91. The number of aromatic nitrogens is 7. The largest absolute Gasteiger partial charge is 0.420 e. The zero-order chi connectivity index (χ0) is 25.1. The summed E-state index contributed by atoms with van der Waals surface area (Å²) in [6, 6.07) is 19.6. The molecule has 0 aliphatic carbocycles. The Bertz CT molecular complexity index is 1810. The van der Waals surface area contributed by atoms with Gasteiger partial charge in [0.05, 0.1) is 28.4 Å². The molecule has 0 bridgehead atoms. The van der Waals surface area contributed by atoms with Crippen LogP contribution in [-0.2, 0) is 0 Å². The van der Waals surface area contributed by atoms with Crippen molar-refractivity contribution in [3.05, 3.63) is 112 Å². The van der Waals surface area contributed by atoms with Crippen LogP contribution in [0.4, 0.5) is 0 Å². The monoisotopic (exact) mass is 505 g/mol. The third kappa shape index (κ3) is 3.41. The highest BCUT2D eigenvalue weighted by Crippen LogP contribution is 2.49. The normalized spacial score (nSPS) is 14.3. The molecule has 5 heterocycles. The molecule has 0 saturated carbocycles. The van der Waals surface area contributed by atoms with Crippen molar-refractivity contribution in [3.8, 4) is 28.8 Å². The van der Waals surface area contributed by atoms with Crippen molar-refractivity contribution in [1.82, 2.24) is 34.3 Å². The van der Waals surface area contributed by atoms with Crippen LogP contribution in [0.2, 0.25) is 5.02 Å². The molecule has 0 N–H and O–H groups in total. The zero-order valence-corrected chi connectivity index (χ0v) is 20.8. The van der Waals surface area contributed by atoms with E-state index in [1.807, 2.05) is 61.7 Å². The van der Waals surface area contributed by atoms with Gasteiger partial charge in [-0.1, -0.05) is 48.0 Å². The Kier molecular flexibility index (Phi) is 4.84. The molecule has 0 radical (unpaired) electrons. The second-order valence-corrected chi connectivity index (χ2v) is 9.44. The Morgan fingerprint density at radius 1 is 0.946 bits per heavy atom. The molecule has 1 atom stereocenters. The number of halogens is 1. The van der Waals surface area contributed by atoms with Gasteiger partial charge in [0.2, 0.25) is 11.8 Å². The lowest BCUT2D eigenvalue weighted by Gasteiger charge is -2.26. The molecule has 37 heavy (non-hydrogen) atoms. The lowest BCUT2D eigenvalue weighted by Crippen LogP contribution is -2.16. The van der Waals surface area contributed by atoms with E-state index in [0.717, 1.165) is 39.2 Å². The highest BCUT2D eigenvalue weighted by molar-refractivity contribution is 6.30. The molecule has 7 rings (SSSR count). The van der Waals surface area contributed by atoms with Crippen molar-refractivity contribution in [2.75, 3.05) is 0 Å². The fourth-order valence-corrected chi connectivity index (χ4v) is 5.16. The fourth-order valence-electron chi connectivity index (χ4n) is 4.98. The van der Waals surface area contributed by atoms with Crippen molar-refractivity contribution < 1.29 is 4.74 Å². The van der Waals surface area contributed by atoms with E-state index in [9.17, 15) is 0 Å². The summed E-state index contributed by atoms with van der Waals surface area (Å²) in [4.78, 5) is 14.1. The van der Waals surface area contributed by atoms with Gasteiger partial charge < -0.3 is 4.74 Å². The van der Waals surface area contributed by atoms with Gasteiger partial charge in [-0.2, -0.15) is 5.10 Å². The second kappa shape index (κ2) is 8.25. The van der Waals surface area contributed by atoms with Gasteiger partial charge in [0.25, 0.3) is 0 Å². The van der Waals surface area contributed by atoms with Crippen molar-refractivity contribution >= 4 is 17.2 Å². The molecule has 1 unspecified atom stereocenters. The number of pyridine rings is 1. The van der Waals surface area contributed by atoms with E-state index in [1.165, 1.54) is 0 Å². The maximum atomic E-state index is 6.47. The van der Waals surface area contributed by atoms with Gasteiger partial charge >= 0.3 is 0 Å². The summed E-state index contributed by atoms with van der Waals surface area (Å²) < 4.78 is 9.96. The highest BCUT2D eigenvalue weighted by Gasteiger charge is 2.38. The highest BCUT2D eigenvalue weighted by atomic mass is 35.5. The molecule has 180 valence electrons. The number of ether oxygens (including phenoxy) is 1. The zero-order valence-electron chi connectivity index (χ0n) is 20.0. The van der Waals surface area contributed by atoms with Gasteiger partial charge in [-0.25, -0.2) is 19.2 Å². The Hall–Kier alpha value is -4.56. The third-order valence-electron chi connectivity index (χ3n) is 6.68. The van der Waals surface area contributed by atoms with Gasteiger partial charge in [0, 0.05) is 23.0 Å². The summed E-state index contributed by atoms with van der Waals surface area (Å²) in [5.74, 6) is 1.43. The molecule has 8 nitrogen and oxygen atoms in total. The lowest BCUT2D eigenvalue weighted by molar-refractivity contribution is 0.402. The lowest BCUT2D eigenvalue weighted by atomic mass is 9.85. The first-order chi connectivity index (χ1) is 18.1. The van der Waals surface area contributed by atoms with E-state index in [4.69, 9.17) is 31.5 Å². The molecule has 1 aliphatic rings. The topological polar surface area (TPSA) is 83.0 Å². The second-order valence-electron chi connectivity index (χ2n) is 9.00. The summed E-state index contributed by atoms with van der Waals surface area (Å²) in [6.07, 6.45) is 5.27. The summed E-state index contributed by atoms with van der Waals surface area (Å²) in [5.41, 5.74) is 7.11. The molecular weight excluding hydrogens is 486 g/mol. The minimum absolute atomic E-state index is 0.259. The van der Waals surface area contributed by atoms with Crippen LogP contribution in [0.5, 0.6) is 11.8 Å². The van der Waals surface area contributed by atoms with E-state index in [0.29, 0.717) is 28.3 Å². The molecule has 1 aliphatic heterocycles. The molecule has 0 amide bonds. The van der Waals surface area contributed by atoms with Crippen LogP contribution >= 0.6 is 11.6 Å². The number of fused-ring (bicyclic) bond motifs is 4. The average molecular weight is 506 g/mol. The molecule has 2 aromatic carbocycles. The van der Waals surface area contributed by atoms with Crippen molar-refractivity contribution in [1.29, 1.82) is 0 Å². The van der Waals surface area contributed by atoms with Crippen molar-refractivity contribution in [3.63, 3.8) is 0 Å². The maximum absolute atomic E-state index is 6.47. The Morgan fingerprint density at radius 2 is 1.84 bits per heavy atom. The minimum atomic E-state index is -0.259. The van der Waals surface area contributed by atoms with Gasteiger partial charge in [-0.05, 0) is 49.2 Å². The summed E-state index contributed by atoms with van der Waals surface area (Å²) in [7, 11) is 0. The SMILES string of the molecule is Cc1ccccc1-c1nc2c3c(ncn2n1)Oc1c(c(C)nn1-c1cccc(Cl)c1)C3c1cccnc1. The predicted molar refractivity (Wildman–Crippen MR) is 140 cm³/mol. The molecule has 0 fully saturated rings. The van der Waals surface area contributed by atoms with Crippen molar-refractivity contribution in [2.45, 2.75) is 19.8 Å². The van der Waals surface area contributed by atoms with Crippen LogP contribution in [0.3, 0.4) is 0 Å². The number of hydrogen-bond acceptors (Lipinski definition) is 6. The van der Waals surface area contributed by atoms with E-state index in [-0.39, 0.29) is 5.92 Å². The van der Waals surface area contributed by atoms with Gasteiger partial charge in [0.15, 0.2) is 11.5 Å². The van der Waals surface area contributed by atoms with E-state index in [1.54, 1.807) is 21.7 Å². The molecule has 4 aromatic heterocycles. The van der Waals surface area contributed by atoms with E-state index < -0.39 is 0 Å². The first-order valence-electron chi connectivity index (χ1n) is 11.8. The number of aryl methyl sites for hydroxylation is 2. The van der Waals surface area contributed by atoms with Crippen LogP contribution in [0.25, 0.3) is 22.7 Å². The maximum Gasteiger partial charge on any atom is 0.230 e. The van der Waals surface area contributed by atoms with Gasteiger partial charge in [0.1, 0.15) is 6.33 Å². The predicted octanol–water partition coefficient (Wildman–Crippen LogP) is 5.93. The summed E-state index contributed by atoms with van der Waals surface area (Å²) in [5, 5.41) is 10.2. The quantitative estimate of drug-likeness (QED) is 0.296. The first kappa shape index (κ1) is 21.7. The average Bonchev–Trinajstić information content (AvgIpc) is 3.49. The van der Waals surface area contributed by atoms with Crippen molar-refractivity contribution in [2.24, 2.45) is 0 Å². The molecule has 6 aromatic rings. The van der Waals surface area contributed by atoms with Gasteiger partial charge in [-0.15, -0.1) is 5.10 Å². The Morgan fingerprint density at radius 3 is 2.65 bits per heavy atom. The molecule has 0 spiro atoms. The number of nitrogens with zero attached hydrogens (tertiary/aromatic N) is 7. The minimum Gasteiger partial charge on any atom is -0.420 e. The smallest absolute Gasteiger partial charge is 0.230 e. The van der Waals surface area contributed by atoms with Crippen LogP contribution in [0.15, 0.2) is 79.4 Å². The standard InChI is InChI=1S/C28H20ClN7O/c1-16-7-3-4-11-21(16)25-32-26-24-23(18-8-6-12-30-14-18)22-17(2)33-36(20-10-5-9-19(29)13-20)28(22)37-27(24)31-15-35(26)34-25/h3-15,23H,1-2H3. The summed E-state index contributed by atoms with van der Waals surface area (Å²) in [6.45, 7) is 4.03. The number of benzene rings is 2. The number of rotatable bonds is 3. The first-order valence-corrected chi connectivity index (χ1v) is 12.2. The van der Waals surface area contributed by atoms with E-state index in [2.05, 4.69) is 29.0 Å². The fraction of sp³-hybridized carbons (Fsp3) is 0.107. The van der Waals surface area contributed by atoms with Gasteiger partial charge in [-0.3, -0.25) is 4.98 Å². The summed E-state index contributed by atoms with van der Waals surface area (Å²) >= 11 is 6.30. The molecular formula is C28H20ClN7O. The van der Waals surface area contributed by atoms with Crippen LogP contribution in [-0.4, -0.2) is 34.3 Å². The Balaban J connectivity index is 1.49. The Labute approximate surface area is 217 Å². The molecule has 9 heteroatoms.